The Bertz CT molecular complexity index is 912. The molecular weight excluding hydrogens is 423 g/mol. The van der Waals surface area contributed by atoms with Gasteiger partial charge in [0.05, 0.1) is 36.7 Å². The quantitative estimate of drug-likeness (QED) is 0.758. The molecule has 2 fully saturated rings. The molecule has 0 radical (unpaired) electrons. The second-order valence-corrected chi connectivity index (χ2v) is 7.83. The van der Waals surface area contributed by atoms with Crippen LogP contribution < -0.4 is 15.1 Å². The van der Waals surface area contributed by atoms with Crippen LogP contribution in [0.5, 0.6) is 0 Å². The van der Waals surface area contributed by atoms with Crippen molar-refractivity contribution in [2.24, 2.45) is 0 Å². The number of benzene rings is 1. The summed E-state index contributed by atoms with van der Waals surface area (Å²) in [5, 5.41) is 2.72. The number of carbonyl (C=O) groups excluding carboxylic acids is 1. The number of pyridine rings is 1. The third kappa shape index (κ3) is 5.49. The summed E-state index contributed by atoms with van der Waals surface area (Å²) in [5.41, 5.74) is -0.0257. The van der Waals surface area contributed by atoms with E-state index in [9.17, 15) is 18.0 Å². The molecule has 1 amide bonds. The first-order valence-electron chi connectivity index (χ1n) is 10.6. The van der Waals surface area contributed by atoms with Gasteiger partial charge in [0.2, 0.25) is 5.91 Å². The molecule has 7 nitrogen and oxygen atoms in total. The Morgan fingerprint density at radius 2 is 1.75 bits per heavy atom. The molecule has 3 heterocycles. The van der Waals surface area contributed by atoms with Crippen LogP contribution in [0.2, 0.25) is 0 Å². The summed E-state index contributed by atoms with van der Waals surface area (Å²) in [5.74, 6) is 0.570. The molecular formula is C22H26F3N5O2. The number of nitrogens with zero attached hydrogens (tertiary/aromatic N) is 4. The summed E-state index contributed by atoms with van der Waals surface area (Å²) in [7, 11) is 0. The number of hydrogen-bond donors (Lipinski definition) is 1. The van der Waals surface area contributed by atoms with E-state index in [1.54, 1.807) is 6.20 Å². The Kier molecular flexibility index (Phi) is 6.80. The number of alkyl halides is 3. The Labute approximate surface area is 184 Å². The van der Waals surface area contributed by atoms with Crippen molar-refractivity contribution < 1.29 is 22.7 Å². The molecule has 0 aliphatic carbocycles. The molecule has 1 aromatic heterocycles. The highest BCUT2D eigenvalue weighted by Gasteiger charge is 2.32. The predicted octanol–water partition coefficient (Wildman–Crippen LogP) is 2.70. The molecule has 2 aliphatic heterocycles. The second-order valence-electron chi connectivity index (χ2n) is 7.83. The van der Waals surface area contributed by atoms with Crippen LogP contribution in [-0.2, 0) is 15.7 Å². The van der Waals surface area contributed by atoms with Crippen LogP contribution in [-0.4, -0.2) is 74.8 Å². The topological polar surface area (TPSA) is 60.9 Å². The maximum Gasteiger partial charge on any atom is 0.416 e. The second kappa shape index (κ2) is 9.74. The van der Waals surface area contributed by atoms with Crippen molar-refractivity contribution in [2.45, 2.75) is 6.18 Å². The molecule has 0 unspecified atom stereocenters. The summed E-state index contributed by atoms with van der Waals surface area (Å²) in [6.45, 7) is 5.03. The molecule has 32 heavy (non-hydrogen) atoms. The number of anilines is 3. The number of halogens is 3. The molecule has 0 spiro atoms. The number of aromatic nitrogens is 1. The Morgan fingerprint density at radius 3 is 2.41 bits per heavy atom. The van der Waals surface area contributed by atoms with Crippen LogP contribution in [0.25, 0.3) is 0 Å². The lowest BCUT2D eigenvalue weighted by Gasteiger charge is -2.35. The SMILES string of the molecule is O=C(CN1CCN(c2ccccn2)CC1)Nc1cc(C(F)(F)F)ccc1N1CCOCC1. The molecule has 0 atom stereocenters. The minimum atomic E-state index is -4.48. The fraction of sp³-hybridized carbons (Fsp3) is 0.455. The number of amides is 1. The van der Waals surface area contributed by atoms with Gasteiger partial charge in [0.25, 0.3) is 0 Å². The van der Waals surface area contributed by atoms with E-state index in [4.69, 9.17) is 4.74 Å². The number of ether oxygens (including phenoxy) is 1. The predicted molar refractivity (Wildman–Crippen MR) is 116 cm³/mol. The highest BCUT2D eigenvalue weighted by atomic mass is 19.4. The van der Waals surface area contributed by atoms with Gasteiger partial charge in [-0.1, -0.05) is 6.07 Å². The molecule has 172 valence electrons. The van der Waals surface area contributed by atoms with E-state index in [-0.39, 0.29) is 18.1 Å². The zero-order chi connectivity index (χ0) is 22.6. The molecule has 1 N–H and O–H groups in total. The summed E-state index contributed by atoms with van der Waals surface area (Å²) >= 11 is 0. The van der Waals surface area contributed by atoms with Gasteiger partial charge in [-0.05, 0) is 30.3 Å². The number of piperazine rings is 1. The fourth-order valence-electron chi connectivity index (χ4n) is 3.96. The number of nitrogens with one attached hydrogen (secondary N) is 1. The lowest BCUT2D eigenvalue weighted by Crippen LogP contribution is -2.49. The van der Waals surface area contributed by atoms with E-state index < -0.39 is 11.7 Å². The first-order chi connectivity index (χ1) is 15.4. The van der Waals surface area contributed by atoms with Gasteiger partial charge in [-0.3, -0.25) is 9.69 Å². The van der Waals surface area contributed by atoms with Gasteiger partial charge in [-0.2, -0.15) is 13.2 Å². The largest absolute Gasteiger partial charge is 0.416 e. The van der Waals surface area contributed by atoms with Gasteiger partial charge < -0.3 is 19.9 Å². The maximum atomic E-state index is 13.3. The summed E-state index contributed by atoms with van der Waals surface area (Å²) in [4.78, 5) is 23.2. The van der Waals surface area contributed by atoms with E-state index >= 15 is 0 Å². The van der Waals surface area contributed by atoms with Crippen molar-refractivity contribution >= 4 is 23.1 Å². The van der Waals surface area contributed by atoms with Crippen molar-refractivity contribution in [3.05, 3.63) is 48.2 Å². The summed E-state index contributed by atoms with van der Waals surface area (Å²) in [6, 6.07) is 9.24. The molecule has 1 aromatic carbocycles. The average Bonchev–Trinajstić information content (AvgIpc) is 2.80. The first kappa shape index (κ1) is 22.3. The molecule has 0 bridgehead atoms. The van der Waals surface area contributed by atoms with Crippen LogP contribution in [0.3, 0.4) is 0 Å². The molecule has 4 rings (SSSR count). The van der Waals surface area contributed by atoms with Crippen molar-refractivity contribution in [1.82, 2.24) is 9.88 Å². The van der Waals surface area contributed by atoms with E-state index in [1.807, 2.05) is 28.0 Å². The summed E-state index contributed by atoms with van der Waals surface area (Å²) in [6.07, 6.45) is -2.74. The number of carbonyl (C=O) groups is 1. The van der Waals surface area contributed by atoms with E-state index in [1.165, 1.54) is 6.07 Å². The minimum absolute atomic E-state index is 0.120. The highest BCUT2D eigenvalue weighted by molar-refractivity contribution is 5.96. The monoisotopic (exact) mass is 449 g/mol. The van der Waals surface area contributed by atoms with E-state index in [0.717, 1.165) is 31.0 Å². The Hall–Kier alpha value is -2.85. The number of hydrogen-bond acceptors (Lipinski definition) is 6. The summed E-state index contributed by atoms with van der Waals surface area (Å²) < 4.78 is 45.1. The molecule has 10 heteroatoms. The van der Waals surface area contributed by atoms with Crippen molar-refractivity contribution in [1.29, 1.82) is 0 Å². The van der Waals surface area contributed by atoms with E-state index in [2.05, 4.69) is 15.2 Å². The zero-order valence-corrected chi connectivity index (χ0v) is 17.6. The molecule has 0 saturated carbocycles. The van der Waals surface area contributed by atoms with Crippen LogP contribution in [0, 0.1) is 0 Å². The van der Waals surface area contributed by atoms with Crippen molar-refractivity contribution in [3.63, 3.8) is 0 Å². The third-order valence-corrected chi connectivity index (χ3v) is 5.66. The standard InChI is InChI=1S/C22H26F3N5O2/c23-22(24,25)17-4-5-19(29-11-13-32-14-12-29)18(15-17)27-21(31)16-28-7-9-30(10-8-28)20-3-1-2-6-26-20/h1-6,15H,7-14,16H2,(H,27,31). The highest BCUT2D eigenvalue weighted by Crippen LogP contribution is 2.35. The third-order valence-electron chi connectivity index (χ3n) is 5.66. The van der Waals surface area contributed by atoms with E-state index in [0.29, 0.717) is 45.1 Å². The van der Waals surface area contributed by atoms with Crippen LogP contribution >= 0.6 is 0 Å². The zero-order valence-electron chi connectivity index (χ0n) is 17.6. The number of rotatable bonds is 5. The van der Waals surface area contributed by atoms with Gasteiger partial charge in [0.1, 0.15) is 5.82 Å². The Balaban J connectivity index is 1.40. The number of morpholine rings is 1. The maximum absolute atomic E-state index is 13.3. The lowest BCUT2D eigenvalue weighted by atomic mass is 10.1. The van der Waals surface area contributed by atoms with Gasteiger partial charge >= 0.3 is 6.18 Å². The minimum Gasteiger partial charge on any atom is -0.378 e. The normalized spacial score (nSPS) is 18.0. The smallest absolute Gasteiger partial charge is 0.378 e. The van der Waals surface area contributed by atoms with Crippen molar-refractivity contribution in [3.8, 4) is 0 Å². The molecule has 2 aromatic rings. The lowest BCUT2D eigenvalue weighted by molar-refractivity contribution is -0.137. The molecule has 2 saturated heterocycles. The van der Waals surface area contributed by atoms with Crippen LogP contribution in [0.1, 0.15) is 5.56 Å². The van der Waals surface area contributed by atoms with Gasteiger partial charge in [-0.25, -0.2) is 4.98 Å². The average molecular weight is 449 g/mol. The first-order valence-corrected chi connectivity index (χ1v) is 10.6. The van der Waals surface area contributed by atoms with Crippen LogP contribution in [0.4, 0.5) is 30.4 Å². The molecule has 2 aliphatic rings. The van der Waals surface area contributed by atoms with Gasteiger partial charge in [-0.15, -0.1) is 0 Å². The Morgan fingerprint density at radius 1 is 1.00 bits per heavy atom. The van der Waals surface area contributed by atoms with Gasteiger partial charge in [0, 0.05) is 45.5 Å². The van der Waals surface area contributed by atoms with Gasteiger partial charge in [0.15, 0.2) is 0 Å². The van der Waals surface area contributed by atoms with Crippen molar-refractivity contribution in [2.75, 3.05) is 74.1 Å². The fourth-order valence-corrected chi connectivity index (χ4v) is 3.96. The van der Waals surface area contributed by atoms with Crippen LogP contribution in [0.15, 0.2) is 42.6 Å².